The Morgan fingerprint density at radius 3 is 2.71 bits per heavy atom. The molecule has 1 fully saturated rings. The average molecular weight is 493 g/mol. The summed E-state index contributed by atoms with van der Waals surface area (Å²) in [6, 6.07) is 4.15. The first-order valence-electron chi connectivity index (χ1n) is 11.3. The van der Waals surface area contributed by atoms with Crippen molar-refractivity contribution in [2.24, 2.45) is 0 Å². The van der Waals surface area contributed by atoms with E-state index in [1.165, 1.54) is 18.2 Å². The van der Waals surface area contributed by atoms with Crippen molar-refractivity contribution >= 4 is 21.4 Å². The highest BCUT2D eigenvalue weighted by Gasteiger charge is 2.31. The molecular weight excluding hydrogens is 460 g/mol. The van der Waals surface area contributed by atoms with Crippen LogP contribution in [0.3, 0.4) is 0 Å². The fraction of sp³-hybridized carbons (Fsp3) is 0.500. The third kappa shape index (κ3) is 5.63. The Balaban J connectivity index is 2.02. The molecule has 5 N–H and O–H groups in total. The van der Waals surface area contributed by atoms with Crippen LogP contribution in [-0.4, -0.2) is 80.0 Å². The van der Waals surface area contributed by atoms with Crippen LogP contribution < -0.4 is 20.3 Å². The highest BCUT2D eigenvalue weighted by atomic mass is 32.2. The van der Waals surface area contributed by atoms with Crippen LogP contribution >= 0.6 is 0 Å². The minimum Gasteiger partial charge on any atom is -0.493 e. The summed E-state index contributed by atoms with van der Waals surface area (Å²) in [5.41, 5.74) is 0.458. The van der Waals surface area contributed by atoms with Gasteiger partial charge < -0.3 is 25.6 Å². The van der Waals surface area contributed by atoms with E-state index >= 15 is 0 Å². The monoisotopic (exact) mass is 492 g/mol. The van der Waals surface area contributed by atoms with Gasteiger partial charge >= 0.3 is 0 Å². The van der Waals surface area contributed by atoms with Crippen molar-refractivity contribution in [3.8, 4) is 17.1 Å². The Labute approximate surface area is 199 Å². The number of likely N-dealkylation sites (tertiary alicyclic amines) is 1. The van der Waals surface area contributed by atoms with Gasteiger partial charge in [-0.1, -0.05) is 13.3 Å². The number of aliphatic hydroxyl groups excluding tert-OH is 1. The number of nitrogens with zero attached hydrogens (tertiary/aromatic N) is 2. The minimum atomic E-state index is -3.85. The molecule has 1 aromatic heterocycles. The number of aromatic nitrogens is 2. The molecule has 0 atom stereocenters. The number of nitrogens with one attached hydrogen (secondary N) is 4. The zero-order chi connectivity index (χ0) is 24.9. The largest absolute Gasteiger partial charge is 0.493 e. The number of anilines is 1. The minimum absolute atomic E-state index is 0.0112. The zero-order valence-corrected chi connectivity index (χ0v) is 20.5. The second-order valence-corrected chi connectivity index (χ2v) is 9.72. The van der Waals surface area contributed by atoms with Crippen molar-refractivity contribution in [2.75, 3.05) is 45.2 Å². The van der Waals surface area contributed by atoms with Gasteiger partial charge in [0.05, 0.1) is 29.4 Å². The molecule has 1 saturated heterocycles. The fourth-order valence-corrected chi connectivity index (χ4v) is 5.06. The van der Waals surface area contributed by atoms with Gasteiger partial charge in [0, 0.05) is 32.7 Å². The molecule has 0 unspecified atom stereocenters. The number of sulfonamides is 1. The van der Waals surface area contributed by atoms with Gasteiger partial charge in [-0.2, -0.15) is 0 Å². The molecule has 2 heterocycles. The average Bonchev–Trinajstić information content (AvgIpc) is 2.77. The van der Waals surface area contributed by atoms with Gasteiger partial charge in [-0.3, -0.25) is 9.69 Å². The summed E-state index contributed by atoms with van der Waals surface area (Å²) >= 11 is 0. The number of hydrogen-bond donors (Lipinski definition) is 5. The lowest BCUT2D eigenvalue weighted by molar-refractivity contribution is 0.111. The summed E-state index contributed by atoms with van der Waals surface area (Å²) in [6.45, 7) is 5.63. The summed E-state index contributed by atoms with van der Waals surface area (Å²) in [5, 5.41) is 20.1. The highest BCUT2D eigenvalue weighted by molar-refractivity contribution is 7.89. The van der Waals surface area contributed by atoms with E-state index in [9.17, 15) is 13.2 Å². The standard InChI is InChI=1S/C22H32N6O5S/c1-4-6-17(23)19-20(24-3)22(30)26-21(25-19)16-11-15(7-8-18(16)33-5-2)34(31,32)27-14-12-28(13-14)9-10-29/h7-8,11,14,23-24,27,29H,4-6,9-10,12-13H2,1-3H3,(H,25,26,30). The van der Waals surface area contributed by atoms with Crippen LogP contribution in [0, 0.1) is 5.41 Å². The van der Waals surface area contributed by atoms with Gasteiger partial charge in [-0.05, 0) is 31.5 Å². The topological polar surface area (TPSA) is 160 Å². The number of ether oxygens (including phenoxy) is 1. The van der Waals surface area contributed by atoms with E-state index in [4.69, 9.17) is 15.3 Å². The molecule has 3 rings (SSSR count). The number of hydrogen-bond acceptors (Lipinski definition) is 9. The van der Waals surface area contributed by atoms with Crippen LogP contribution in [0.25, 0.3) is 11.4 Å². The maximum absolute atomic E-state index is 13.0. The molecule has 12 heteroatoms. The van der Waals surface area contributed by atoms with Crippen molar-refractivity contribution in [2.45, 2.75) is 37.6 Å². The van der Waals surface area contributed by atoms with Crippen LogP contribution in [0.15, 0.2) is 27.9 Å². The number of rotatable bonds is 12. The van der Waals surface area contributed by atoms with Crippen LogP contribution in [-0.2, 0) is 10.0 Å². The first-order chi connectivity index (χ1) is 16.2. The Morgan fingerprint density at radius 1 is 1.35 bits per heavy atom. The van der Waals surface area contributed by atoms with Crippen molar-refractivity contribution in [1.82, 2.24) is 19.6 Å². The second-order valence-electron chi connectivity index (χ2n) is 8.01. The van der Waals surface area contributed by atoms with E-state index in [0.29, 0.717) is 50.4 Å². The van der Waals surface area contributed by atoms with Crippen molar-refractivity contribution in [3.05, 3.63) is 34.2 Å². The molecule has 0 spiro atoms. The molecule has 34 heavy (non-hydrogen) atoms. The van der Waals surface area contributed by atoms with E-state index in [1.807, 2.05) is 11.8 Å². The van der Waals surface area contributed by atoms with Crippen LogP contribution in [0.4, 0.5) is 5.69 Å². The Kier molecular flexibility index (Phi) is 8.42. The summed E-state index contributed by atoms with van der Waals surface area (Å²) in [5.74, 6) is 0.491. The third-order valence-corrected chi connectivity index (χ3v) is 6.98. The van der Waals surface area contributed by atoms with Crippen molar-refractivity contribution in [3.63, 3.8) is 0 Å². The molecule has 0 radical (unpaired) electrons. The zero-order valence-electron chi connectivity index (χ0n) is 19.6. The number of aromatic amines is 1. The van der Waals surface area contributed by atoms with Gasteiger partial charge in [0.25, 0.3) is 5.56 Å². The maximum Gasteiger partial charge on any atom is 0.275 e. The first-order valence-corrected chi connectivity index (χ1v) is 12.7. The summed E-state index contributed by atoms with van der Waals surface area (Å²) in [4.78, 5) is 21.9. The van der Waals surface area contributed by atoms with Gasteiger partial charge in [-0.25, -0.2) is 18.1 Å². The molecule has 2 aromatic rings. The molecule has 0 aliphatic carbocycles. The van der Waals surface area contributed by atoms with Crippen LogP contribution in [0.1, 0.15) is 32.4 Å². The SMILES string of the molecule is CCCC(=N)c1nc(-c2cc(S(=O)(=O)NC3CN(CCO)C3)ccc2OCC)[nH]c(=O)c1NC. The number of aliphatic hydroxyl groups is 1. The van der Waals surface area contributed by atoms with Crippen LogP contribution in [0.2, 0.25) is 0 Å². The molecule has 0 bridgehead atoms. The van der Waals surface area contributed by atoms with Crippen molar-refractivity contribution in [1.29, 1.82) is 5.41 Å². The molecule has 186 valence electrons. The number of β-amino-alcohol motifs (C(OH)–C–C–N with tert-alkyl or cyclic N) is 1. The smallest absolute Gasteiger partial charge is 0.275 e. The van der Waals surface area contributed by atoms with Gasteiger partial charge in [0.15, 0.2) is 0 Å². The molecule has 0 amide bonds. The lowest BCUT2D eigenvalue weighted by Crippen LogP contribution is -2.59. The normalized spacial score (nSPS) is 14.6. The van der Waals surface area contributed by atoms with E-state index in [1.54, 1.807) is 14.0 Å². The predicted octanol–water partition coefficient (Wildman–Crippen LogP) is 1.00. The first kappa shape index (κ1) is 25.8. The Morgan fingerprint density at radius 2 is 2.09 bits per heavy atom. The van der Waals surface area contributed by atoms with Crippen molar-refractivity contribution < 1.29 is 18.3 Å². The van der Waals surface area contributed by atoms with E-state index in [2.05, 4.69) is 20.0 Å². The van der Waals surface area contributed by atoms with Crippen LogP contribution in [0.5, 0.6) is 5.75 Å². The predicted molar refractivity (Wildman–Crippen MR) is 130 cm³/mol. The number of H-pyrrole nitrogens is 1. The summed E-state index contributed by atoms with van der Waals surface area (Å²) in [7, 11) is -2.26. The lowest BCUT2D eigenvalue weighted by Gasteiger charge is -2.38. The molecule has 1 aliphatic rings. The number of benzene rings is 1. The highest BCUT2D eigenvalue weighted by Crippen LogP contribution is 2.31. The van der Waals surface area contributed by atoms with E-state index in [-0.39, 0.29) is 40.5 Å². The molecule has 1 aromatic carbocycles. The van der Waals surface area contributed by atoms with Gasteiger partial charge in [0.1, 0.15) is 23.0 Å². The third-order valence-electron chi connectivity index (χ3n) is 5.47. The maximum atomic E-state index is 13.0. The second kappa shape index (κ2) is 11.1. The van der Waals surface area contributed by atoms with E-state index < -0.39 is 15.6 Å². The van der Waals surface area contributed by atoms with Gasteiger partial charge in [-0.15, -0.1) is 0 Å². The lowest BCUT2D eigenvalue weighted by atomic mass is 10.1. The van der Waals surface area contributed by atoms with Gasteiger partial charge in [0.2, 0.25) is 10.0 Å². The summed E-state index contributed by atoms with van der Waals surface area (Å²) in [6.07, 6.45) is 1.15. The fourth-order valence-electron chi connectivity index (χ4n) is 3.82. The Bertz CT molecular complexity index is 1190. The molecule has 11 nitrogen and oxygen atoms in total. The molecule has 0 saturated carbocycles. The Hall–Kier alpha value is -2.80. The quantitative estimate of drug-likeness (QED) is 0.274. The van der Waals surface area contributed by atoms with E-state index in [0.717, 1.165) is 0 Å². The molecule has 1 aliphatic heterocycles. The summed E-state index contributed by atoms with van der Waals surface area (Å²) < 4.78 is 34.4. The molecular formula is C22H32N6O5S.